The molecule has 6 heteroatoms. The lowest BCUT2D eigenvalue weighted by Gasteiger charge is -2.28. The standard InChI is InChI=1S/C15H29NO5/c1-5-7-12(17)8-6-9-15(20)21-13(10-14(18)19)11-16(2,3)4/h12-13,17H,5-11H2,1-4H3/p+1/t12?,13-/m1/s1. The molecule has 6 nitrogen and oxygen atoms in total. The Kier molecular flexibility index (Phi) is 9.21. The molecule has 0 saturated carbocycles. The van der Waals surface area contributed by atoms with Gasteiger partial charge in [0.05, 0.1) is 33.7 Å². The van der Waals surface area contributed by atoms with Crippen molar-refractivity contribution >= 4 is 11.9 Å². The van der Waals surface area contributed by atoms with Gasteiger partial charge in [-0.25, -0.2) is 0 Å². The van der Waals surface area contributed by atoms with E-state index < -0.39 is 18.0 Å². The number of rotatable bonds is 11. The topological polar surface area (TPSA) is 83.8 Å². The number of esters is 1. The number of ether oxygens (including phenoxy) is 1. The molecule has 0 amide bonds. The van der Waals surface area contributed by atoms with Crippen molar-refractivity contribution in [1.29, 1.82) is 0 Å². The predicted octanol–water partition coefficient (Wildman–Crippen LogP) is 1.41. The zero-order valence-corrected chi connectivity index (χ0v) is 13.7. The smallest absolute Gasteiger partial charge is 0.307 e. The summed E-state index contributed by atoms with van der Waals surface area (Å²) in [5, 5.41) is 18.5. The van der Waals surface area contributed by atoms with Crippen LogP contribution in [0.2, 0.25) is 0 Å². The first kappa shape index (κ1) is 19.9. The molecular formula is C15H30NO5+. The summed E-state index contributed by atoms with van der Waals surface area (Å²) in [6.07, 6.45) is 1.83. The first-order valence-electron chi connectivity index (χ1n) is 7.53. The molecular weight excluding hydrogens is 274 g/mol. The van der Waals surface area contributed by atoms with E-state index in [-0.39, 0.29) is 18.9 Å². The van der Waals surface area contributed by atoms with Crippen molar-refractivity contribution in [2.24, 2.45) is 0 Å². The lowest BCUT2D eigenvalue weighted by molar-refractivity contribution is -0.873. The lowest BCUT2D eigenvalue weighted by atomic mass is 10.1. The Labute approximate surface area is 127 Å². The van der Waals surface area contributed by atoms with Crippen LogP contribution in [0.1, 0.15) is 45.4 Å². The summed E-state index contributed by atoms with van der Waals surface area (Å²) >= 11 is 0. The monoisotopic (exact) mass is 304 g/mol. The number of nitrogens with zero attached hydrogens (tertiary/aromatic N) is 1. The molecule has 124 valence electrons. The molecule has 1 unspecified atom stereocenters. The van der Waals surface area contributed by atoms with Crippen molar-refractivity contribution in [3.05, 3.63) is 0 Å². The van der Waals surface area contributed by atoms with E-state index in [2.05, 4.69) is 0 Å². The number of carboxylic acid groups (broad SMARTS) is 1. The van der Waals surface area contributed by atoms with Crippen LogP contribution in [0.15, 0.2) is 0 Å². The lowest BCUT2D eigenvalue weighted by Crippen LogP contribution is -2.43. The number of aliphatic hydroxyl groups is 1. The van der Waals surface area contributed by atoms with Crippen LogP contribution >= 0.6 is 0 Å². The zero-order valence-electron chi connectivity index (χ0n) is 13.7. The average molecular weight is 304 g/mol. The van der Waals surface area contributed by atoms with Gasteiger partial charge in [0.2, 0.25) is 0 Å². The quantitative estimate of drug-likeness (QED) is 0.445. The van der Waals surface area contributed by atoms with Crippen molar-refractivity contribution in [1.82, 2.24) is 0 Å². The van der Waals surface area contributed by atoms with Gasteiger partial charge < -0.3 is 19.4 Å². The molecule has 0 aromatic carbocycles. The normalized spacial score (nSPS) is 14.5. The molecule has 0 aliphatic rings. The highest BCUT2D eigenvalue weighted by Gasteiger charge is 2.24. The van der Waals surface area contributed by atoms with Crippen molar-refractivity contribution in [2.45, 2.75) is 57.7 Å². The van der Waals surface area contributed by atoms with Crippen molar-refractivity contribution in [2.75, 3.05) is 27.7 Å². The van der Waals surface area contributed by atoms with Gasteiger partial charge in [-0.15, -0.1) is 0 Å². The van der Waals surface area contributed by atoms with Crippen LogP contribution in [0.3, 0.4) is 0 Å². The number of hydrogen-bond acceptors (Lipinski definition) is 4. The molecule has 0 fully saturated rings. The fraction of sp³-hybridized carbons (Fsp3) is 0.867. The summed E-state index contributed by atoms with van der Waals surface area (Å²) in [6, 6.07) is 0. The molecule has 0 bridgehead atoms. The van der Waals surface area contributed by atoms with E-state index in [1.807, 2.05) is 28.1 Å². The Hall–Kier alpha value is -1.14. The molecule has 0 aromatic rings. The number of aliphatic hydroxyl groups excluding tert-OH is 1. The minimum atomic E-state index is -0.973. The first-order valence-corrected chi connectivity index (χ1v) is 7.53. The largest absolute Gasteiger partial charge is 0.481 e. The van der Waals surface area contributed by atoms with Crippen LogP contribution in [0.4, 0.5) is 0 Å². The average Bonchev–Trinajstić information content (AvgIpc) is 2.25. The van der Waals surface area contributed by atoms with Crippen LogP contribution in [0.25, 0.3) is 0 Å². The van der Waals surface area contributed by atoms with Crippen LogP contribution in [-0.2, 0) is 14.3 Å². The second-order valence-electron chi connectivity index (χ2n) is 6.52. The fourth-order valence-electron chi connectivity index (χ4n) is 2.15. The summed E-state index contributed by atoms with van der Waals surface area (Å²) in [7, 11) is 5.76. The molecule has 0 radical (unpaired) electrons. The zero-order chi connectivity index (χ0) is 16.5. The Balaban J connectivity index is 4.18. The van der Waals surface area contributed by atoms with Gasteiger partial charge >= 0.3 is 11.9 Å². The van der Waals surface area contributed by atoms with Gasteiger partial charge in [-0.05, 0) is 19.3 Å². The Morgan fingerprint density at radius 1 is 1.19 bits per heavy atom. The minimum Gasteiger partial charge on any atom is -0.481 e. The van der Waals surface area contributed by atoms with Crippen molar-refractivity contribution < 1.29 is 29.0 Å². The van der Waals surface area contributed by atoms with E-state index in [0.29, 0.717) is 23.9 Å². The number of carbonyl (C=O) groups excluding carboxylic acids is 1. The first-order chi connectivity index (χ1) is 9.64. The Bertz CT molecular complexity index is 325. The third-order valence-electron chi connectivity index (χ3n) is 2.99. The second-order valence-corrected chi connectivity index (χ2v) is 6.52. The minimum absolute atomic E-state index is 0.181. The third kappa shape index (κ3) is 12.3. The van der Waals surface area contributed by atoms with E-state index in [4.69, 9.17) is 9.84 Å². The molecule has 0 aliphatic carbocycles. The molecule has 0 aromatic heterocycles. The molecule has 0 spiro atoms. The van der Waals surface area contributed by atoms with Gasteiger partial charge in [0.1, 0.15) is 6.54 Å². The number of carbonyl (C=O) groups is 2. The van der Waals surface area contributed by atoms with Gasteiger partial charge in [-0.2, -0.15) is 0 Å². The number of carboxylic acids is 1. The van der Waals surface area contributed by atoms with E-state index in [0.717, 1.165) is 12.8 Å². The number of likely N-dealkylation sites (N-methyl/N-ethyl adjacent to an activating group) is 1. The third-order valence-corrected chi connectivity index (χ3v) is 2.99. The highest BCUT2D eigenvalue weighted by molar-refractivity contribution is 5.71. The maximum atomic E-state index is 11.8. The van der Waals surface area contributed by atoms with Crippen LogP contribution in [0, 0.1) is 0 Å². The maximum Gasteiger partial charge on any atom is 0.307 e. The van der Waals surface area contributed by atoms with Crippen LogP contribution < -0.4 is 0 Å². The van der Waals surface area contributed by atoms with Crippen molar-refractivity contribution in [3.8, 4) is 0 Å². The highest BCUT2D eigenvalue weighted by Crippen LogP contribution is 2.10. The fourth-order valence-corrected chi connectivity index (χ4v) is 2.15. The molecule has 21 heavy (non-hydrogen) atoms. The molecule has 0 heterocycles. The van der Waals surface area contributed by atoms with Crippen LogP contribution in [-0.4, -0.2) is 66.5 Å². The molecule has 0 saturated heterocycles. The second kappa shape index (κ2) is 9.73. The van der Waals surface area contributed by atoms with E-state index in [1.165, 1.54) is 0 Å². The van der Waals surface area contributed by atoms with Crippen LogP contribution in [0.5, 0.6) is 0 Å². The Morgan fingerprint density at radius 3 is 2.29 bits per heavy atom. The van der Waals surface area contributed by atoms with Crippen molar-refractivity contribution in [3.63, 3.8) is 0 Å². The maximum absolute atomic E-state index is 11.8. The molecule has 0 rings (SSSR count). The van der Waals surface area contributed by atoms with Gasteiger partial charge in [0.25, 0.3) is 0 Å². The predicted molar refractivity (Wildman–Crippen MR) is 79.8 cm³/mol. The summed E-state index contributed by atoms with van der Waals surface area (Å²) in [5.74, 6) is -1.36. The number of quaternary nitrogens is 1. The summed E-state index contributed by atoms with van der Waals surface area (Å²) < 4.78 is 5.79. The molecule has 2 atom stereocenters. The van der Waals surface area contributed by atoms with Gasteiger partial charge in [-0.1, -0.05) is 13.3 Å². The summed E-state index contributed by atoms with van der Waals surface area (Å²) in [6.45, 7) is 2.45. The summed E-state index contributed by atoms with van der Waals surface area (Å²) in [5.41, 5.74) is 0. The van der Waals surface area contributed by atoms with E-state index >= 15 is 0 Å². The van der Waals surface area contributed by atoms with Gasteiger partial charge in [0, 0.05) is 6.42 Å². The van der Waals surface area contributed by atoms with Gasteiger partial charge in [0.15, 0.2) is 6.10 Å². The highest BCUT2D eigenvalue weighted by atomic mass is 16.5. The Morgan fingerprint density at radius 2 is 1.81 bits per heavy atom. The van der Waals surface area contributed by atoms with E-state index in [9.17, 15) is 14.7 Å². The van der Waals surface area contributed by atoms with E-state index in [1.54, 1.807) is 0 Å². The molecule has 0 aliphatic heterocycles. The number of hydrogen-bond donors (Lipinski definition) is 2. The summed E-state index contributed by atoms with van der Waals surface area (Å²) in [4.78, 5) is 22.6. The van der Waals surface area contributed by atoms with Gasteiger partial charge in [-0.3, -0.25) is 9.59 Å². The molecule has 2 N–H and O–H groups in total. The number of aliphatic carboxylic acids is 1. The SMILES string of the molecule is CCCC(O)CCCC(=O)O[C@H](CC(=O)O)C[N+](C)(C)C.